The summed E-state index contributed by atoms with van der Waals surface area (Å²) in [4.78, 5) is 0. The number of halogens is 2. The second kappa shape index (κ2) is 4.84. The first-order chi connectivity index (χ1) is 7.72. The quantitative estimate of drug-likeness (QED) is 0.895. The lowest BCUT2D eigenvalue weighted by Crippen LogP contribution is -2.15. The molecule has 0 radical (unpaired) electrons. The number of benzene rings is 1. The molecule has 0 saturated heterocycles. The Kier molecular flexibility index (Phi) is 3.45. The molecule has 0 bridgehead atoms. The van der Waals surface area contributed by atoms with Crippen LogP contribution in [0.5, 0.6) is 0 Å². The first-order valence-electron chi connectivity index (χ1n) is 5.37. The summed E-state index contributed by atoms with van der Waals surface area (Å²) in [7, 11) is 0. The Balaban J connectivity index is 2.22. The van der Waals surface area contributed by atoms with Gasteiger partial charge >= 0.3 is 0 Å². The fourth-order valence-electron chi connectivity index (χ4n) is 2.04. The van der Waals surface area contributed by atoms with E-state index in [2.05, 4.69) is 21.2 Å². The second-order valence-electron chi connectivity index (χ2n) is 4.03. The van der Waals surface area contributed by atoms with Crippen molar-refractivity contribution in [2.75, 3.05) is 5.32 Å². The third-order valence-electron chi connectivity index (χ3n) is 2.92. The average molecular weight is 283 g/mol. The minimum Gasteiger partial charge on any atom is -0.380 e. The number of anilines is 1. The standard InChI is InChI=1S/C12H12BrFN2/c13-11-8(7-15)5-6-10(12(11)14)16-9-3-1-2-4-9/h5-6,9,16H,1-4H2. The van der Waals surface area contributed by atoms with E-state index in [0.29, 0.717) is 17.3 Å². The van der Waals surface area contributed by atoms with E-state index >= 15 is 0 Å². The number of nitriles is 1. The number of hydrogen-bond donors (Lipinski definition) is 1. The van der Waals surface area contributed by atoms with Crippen molar-refractivity contribution in [1.82, 2.24) is 0 Å². The van der Waals surface area contributed by atoms with E-state index in [-0.39, 0.29) is 10.3 Å². The zero-order valence-electron chi connectivity index (χ0n) is 8.76. The van der Waals surface area contributed by atoms with Crippen LogP contribution in [0.25, 0.3) is 0 Å². The van der Waals surface area contributed by atoms with Gasteiger partial charge in [0.1, 0.15) is 6.07 Å². The third kappa shape index (κ3) is 2.19. The van der Waals surface area contributed by atoms with Gasteiger partial charge in [-0.25, -0.2) is 4.39 Å². The van der Waals surface area contributed by atoms with Crippen molar-refractivity contribution in [3.63, 3.8) is 0 Å². The highest BCUT2D eigenvalue weighted by molar-refractivity contribution is 9.10. The highest BCUT2D eigenvalue weighted by atomic mass is 79.9. The van der Waals surface area contributed by atoms with Gasteiger partial charge in [0.15, 0.2) is 5.82 Å². The molecule has 0 unspecified atom stereocenters. The summed E-state index contributed by atoms with van der Waals surface area (Å²) in [5, 5.41) is 11.9. The smallest absolute Gasteiger partial charge is 0.161 e. The minimum atomic E-state index is -0.369. The maximum absolute atomic E-state index is 13.8. The second-order valence-corrected chi connectivity index (χ2v) is 4.82. The van der Waals surface area contributed by atoms with Gasteiger partial charge in [0.05, 0.1) is 15.7 Å². The van der Waals surface area contributed by atoms with E-state index in [1.807, 2.05) is 6.07 Å². The normalized spacial score (nSPS) is 16.1. The van der Waals surface area contributed by atoms with Crippen LogP contribution in [0.3, 0.4) is 0 Å². The molecule has 16 heavy (non-hydrogen) atoms. The maximum atomic E-state index is 13.8. The molecule has 1 fully saturated rings. The number of nitrogens with one attached hydrogen (secondary N) is 1. The van der Waals surface area contributed by atoms with Crippen molar-refractivity contribution in [1.29, 1.82) is 5.26 Å². The van der Waals surface area contributed by atoms with E-state index in [1.165, 1.54) is 12.8 Å². The summed E-state index contributed by atoms with van der Waals surface area (Å²) < 4.78 is 14.1. The van der Waals surface area contributed by atoms with Crippen molar-refractivity contribution in [2.24, 2.45) is 0 Å². The number of nitrogens with zero attached hydrogens (tertiary/aromatic N) is 1. The SMILES string of the molecule is N#Cc1ccc(NC2CCCC2)c(F)c1Br. The Morgan fingerprint density at radius 3 is 2.69 bits per heavy atom. The van der Waals surface area contributed by atoms with Crippen LogP contribution in [-0.2, 0) is 0 Å². The van der Waals surface area contributed by atoms with Crippen LogP contribution in [0.1, 0.15) is 31.2 Å². The van der Waals surface area contributed by atoms with Crippen molar-refractivity contribution in [3.05, 3.63) is 28.0 Å². The topological polar surface area (TPSA) is 35.8 Å². The summed E-state index contributed by atoms with van der Waals surface area (Å²) in [5.74, 6) is -0.369. The Morgan fingerprint density at radius 1 is 1.38 bits per heavy atom. The molecule has 0 aliphatic heterocycles. The van der Waals surface area contributed by atoms with Gasteiger partial charge in [-0.2, -0.15) is 5.26 Å². The molecule has 0 amide bonds. The van der Waals surface area contributed by atoms with Crippen LogP contribution >= 0.6 is 15.9 Å². The number of rotatable bonds is 2. The van der Waals surface area contributed by atoms with Gasteiger partial charge in [-0.05, 0) is 40.9 Å². The molecule has 1 N–H and O–H groups in total. The highest BCUT2D eigenvalue weighted by Crippen LogP contribution is 2.29. The molecule has 0 aromatic heterocycles. The van der Waals surface area contributed by atoms with Gasteiger partial charge in [0.2, 0.25) is 0 Å². The molecule has 2 rings (SSSR count). The fourth-order valence-corrected chi connectivity index (χ4v) is 2.47. The van der Waals surface area contributed by atoms with Crippen molar-refractivity contribution in [3.8, 4) is 6.07 Å². The highest BCUT2D eigenvalue weighted by Gasteiger charge is 2.17. The number of hydrogen-bond acceptors (Lipinski definition) is 2. The largest absolute Gasteiger partial charge is 0.380 e. The summed E-state index contributed by atoms with van der Waals surface area (Å²) in [6, 6.07) is 5.58. The maximum Gasteiger partial charge on any atom is 0.161 e. The van der Waals surface area contributed by atoms with Crippen LogP contribution in [0.15, 0.2) is 16.6 Å². The van der Waals surface area contributed by atoms with Crippen molar-refractivity contribution >= 4 is 21.6 Å². The van der Waals surface area contributed by atoms with Gasteiger partial charge in [-0.1, -0.05) is 12.8 Å². The van der Waals surface area contributed by atoms with Gasteiger partial charge in [0.25, 0.3) is 0 Å². The van der Waals surface area contributed by atoms with E-state index in [4.69, 9.17) is 5.26 Å². The summed E-state index contributed by atoms with van der Waals surface area (Å²) in [6.45, 7) is 0. The van der Waals surface area contributed by atoms with Crippen molar-refractivity contribution < 1.29 is 4.39 Å². The lowest BCUT2D eigenvalue weighted by atomic mass is 10.2. The molecule has 1 aromatic carbocycles. The molecule has 1 saturated carbocycles. The minimum absolute atomic E-state index is 0.248. The van der Waals surface area contributed by atoms with Gasteiger partial charge in [-0.3, -0.25) is 0 Å². The Hall–Kier alpha value is -1.08. The molecule has 0 atom stereocenters. The predicted octanol–water partition coefficient (Wildman–Crippen LogP) is 3.81. The van der Waals surface area contributed by atoms with E-state index in [0.717, 1.165) is 12.8 Å². The Morgan fingerprint density at radius 2 is 2.06 bits per heavy atom. The third-order valence-corrected chi connectivity index (χ3v) is 3.69. The first-order valence-corrected chi connectivity index (χ1v) is 6.16. The summed E-state index contributed by atoms with van der Waals surface area (Å²) in [6.07, 6.45) is 4.60. The zero-order valence-corrected chi connectivity index (χ0v) is 10.3. The summed E-state index contributed by atoms with van der Waals surface area (Å²) >= 11 is 3.10. The molecule has 84 valence electrons. The van der Waals surface area contributed by atoms with Crippen LogP contribution in [0.2, 0.25) is 0 Å². The fraction of sp³-hybridized carbons (Fsp3) is 0.417. The molecular weight excluding hydrogens is 271 g/mol. The molecule has 0 heterocycles. The first kappa shape index (κ1) is 11.4. The molecular formula is C12H12BrFN2. The van der Waals surface area contributed by atoms with E-state index < -0.39 is 0 Å². The average Bonchev–Trinajstić information content (AvgIpc) is 2.78. The van der Waals surface area contributed by atoms with Crippen LogP contribution in [0.4, 0.5) is 10.1 Å². The molecule has 1 aliphatic carbocycles. The lowest BCUT2D eigenvalue weighted by molar-refractivity contribution is 0.617. The van der Waals surface area contributed by atoms with E-state index in [9.17, 15) is 4.39 Å². The molecule has 1 aromatic rings. The lowest BCUT2D eigenvalue weighted by Gasteiger charge is -2.15. The molecule has 1 aliphatic rings. The monoisotopic (exact) mass is 282 g/mol. The van der Waals surface area contributed by atoms with Gasteiger partial charge in [-0.15, -0.1) is 0 Å². The van der Waals surface area contributed by atoms with Crippen molar-refractivity contribution in [2.45, 2.75) is 31.7 Å². The Labute approximate surface area is 103 Å². The molecule has 0 spiro atoms. The van der Waals surface area contributed by atoms with Crippen LogP contribution in [-0.4, -0.2) is 6.04 Å². The predicted molar refractivity (Wildman–Crippen MR) is 64.7 cm³/mol. The Bertz CT molecular complexity index is 433. The van der Waals surface area contributed by atoms with Gasteiger partial charge < -0.3 is 5.32 Å². The zero-order chi connectivity index (χ0) is 11.5. The summed E-state index contributed by atoms with van der Waals surface area (Å²) in [5.41, 5.74) is 0.812. The molecule has 2 nitrogen and oxygen atoms in total. The van der Waals surface area contributed by atoms with Gasteiger partial charge in [0, 0.05) is 6.04 Å². The van der Waals surface area contributed by atoms with Crippen LogP contribution in [0, 0.1) is 17.1 Å². The van der Waals surface area contributed by atoms with Crippen LogP contribution < -0.4 is 5.32 Å². The molecule has 4 heteroatoms. The van der Waals surface area contributed by atoms with E-state index in [1.54, 1.807) is 12.1 Å².